The summed E-state index contributed by atoms with van der Waals surface area (Å²) in [5, 5.41) is 0. The minimum Gasteiger partial charge on any atom is -0.465 e. The van der Waals surface area contributed by atoms with Gasteiger partial charge in [0, 0.05) is 0 Å². The van der Waals surface area contributed by atoms with Crippen LogP contribution in [0.15, 0.2) is 24.3 Å². The van der Waals surface area contributed by atoms with Crippen molar-refractivity contribution in [2.24, 2.45) is 17.3 Å². The van der Waals surface area contributed by atoms with Crippen LogP contribution in [0, 0.1) is 17.3 Å². The van der Waals surface area contributed by atoms with Crippen molar-refractivity contribution >= 4 is 11.9 Å². The van der Waals surface area contributed by atoms with Gasteiger partial charge in [-0.1, -0.05) is 24.3 Å². The van der Waals surface area contributed by atoms with E-state index < -0.39 is 17.4 Å². The third-order valence-corrected chi connectivity index (χ3v) is 4.46. The Hall–Kier alpha value is -1.58. The quantitative estimate of drug-likeness (QED) is 0.450. The van der Waals surface area contributed by atoms with E-state index in [1.807, 2.05) is 0 Å². The molecule has 0 aliphatic heterocycles. The van der Waals surface area contributed by atoms with Gasteiger partial charge in [-0.3, -0.25) is 9.59 Å². The largest absolute Gasteiger partial charge is 0.465 e. The maximum absolute atomic E-state index is 12.3. The van der Waals surface area contributed by atoms with Crippen LogP contribution in [0.1, 0.15) is 33.1 Å². The molecule has 0 heterocycles. The van der Waals surface area contributed by atoms with E-state index in [2.05, 4.69) is 13.2 Å². The fourth-order valence-corrected chi connectivity index (χ4v) is 3.49. The summed E-state index contributed by atoms with van der Waals surface area (Å²) in [4.78, 5) is 24.7. The zero-order valence-corrected chi connectivity index (χ0v) is 12.2. The molecule has 0 amide bonds. The molecular weight excluding hydrogens is 256 g/mol. The molecule has 0 aromatic heterocycles. The molecular formula is C16H22O4. The van der Waals surface area contributed by atoms with Crippen molar-refractivity contribution in [2.75, 3.05) is 13.2 Å². The van der Waals surface area contributed by atoms with E-state index in [1.54, 1.807) is 13.8 Å². The summed E-state index contributed by atoms with van der Waals surface area (Å²) >= 11 is 0. The Morgan fingerprint density at radius 1 is 1.05 bits per heavy atom. The first-order valence-electron chi connectivity index (χ1n) is 7.16. The molecule has 110 valence electrons. The topological polar surface area (TPSA) is 52.6 Å². The molecule has 20 heavy (non-hydrogen) atoms. The van der Waals surface area contributed by atoms with E-state index >= 15 is 0 Å². The number of allylic oxidation sites excluding steroid dienone is 2. The lowest BCUT2D eigenvalue weighted by atomic mass is 9.82. The number of ether oxygens (including phenoxy) is 2. The van der Waals surface area contributed by atoms with Gasteiger partial charge >= 0.3 is 11.9 Å². The van der Waals surface area contributed by atoms with Crippen molar-refractivity contribution < 1.29 is 19.1 Å². The molecule has 0 N–H and O–H groups in total. The predicted octanol–water partition coefficient (Wildman–Crippen LogP) is 2.64. The fourth-order valence-electron chi connectivity index (χ4n) is 3.49. The second kappa shape index (κ2) is 5.43. The molecule has 0 unspecified atom stereocenters. The molecule has 0 spiro atoms. The molecule has 2 aliphatic rings. The number of carbonyl (C=O) groups is 2. The van der Waals surface area contributed by atoms with Crippen molar-refractivity contribution in [1.82, 2.24) is 0 Å². The van der Waals surface area contributed by atoms with Gasteiger partial charge in [0.05, 0.1) is 13.2 Å². The summed E-state index contributed by atoms with van der Waals surface area (Å²) < 4.78 is 10.3. The van der Waals surface area contributed by atoms with Gasteiger partial charge in [0.2, 0.25) is 0 Å². The standard InChI is InChI=1S/C16H22O4/c1-5-19-14(17)16(15(18)20-6-2)8-12-10(3)7-11(4)13(12)9-16/h12-13H,3-9H2,1-2H3/t12-,13+. The number of rotatable bonds is 4. The molecule has 2 aliphatic carbocycles. The molecule has 0 saturated heterocycles. The van der Waals surface area contributed by atoms with Crippen LogP contribution < -0.4 is 0 Å². The second-order valence-corrected chi connectivity index (χ2v) is 5.64. The number of hydrogen-bond donors (Lipinski definition) is 0. The smallest absolute Gasteiger partial charge is 0.323 e. The van der Waals surface area contributed by atoms with Gasteiger partial charge in [-0.25, -0.2) is 0 Å². The van der Waals surface area contributed by atoms with Crippen LogP contribution >= 0.6 is 0 Å². The third-order valence-electron chi connectivity index (χ3n) is 4.46. The minimum atomic E-state index is -1.17. The van der Waals surface area contributed by atoms with Crippen LogP contribution in [0.4, 0.5) is 0 Å². The molecule has 2 rings (SSSR count). The molecule has 2 saturated carbocycles. The van der Waals surface area contributed by atoms with Gasteiger partial charge in [-0.15, -0.1) is 0 Å². The molecule has 2 atom stereocenters. The van der Waals surface area contributed by atoms with Gasteiger partial charge in [0.25, 0.3) is 0 Å². The Morgan fingerprint density at radius 3 is 1.80 bits per heavy atom. The van der Waals surface area contributed by atoms with Crippen LogP contribution in [0.25, 0.3) is 0 Å². The second-order valence-electron chi connectivity index (χ2n) is 5.64. The normalized spacial score (nSPS) is 27.3. The van der Waals surface area contributed by atoms with Crippen molar-refractivity contribution in [3.63, 3.8) is 0 Å². The Morgan fingerprint density at radius 2 is 1.45 bits per heavy atom. The summed E-state index contributed by atoms with van der Waals surface area (Å²) in [6.07, 6.45) is 1.68. The SMILES string of the molecule is C=C1CC(=C)[C@@H]2CC(C(=O)OCC)(C(=O)OCC)C[C@H]12. The van der Waals surface area contributed by atoms with E-state index in [9.17, 15) is 9.59 Å². The van der Waals surface area contributed by atoms with Crippen molar-refractivity contribution in [1.29, 1.82) is 0 Å². The lowest BCUT2D eigenvalue weighted by Gasteiger charge is -2.25. The maximum Gasteiger partial charge on any atom is 0.323 e. The Kier molecular flexibility index (Phi) is 4.02. The highest BCUT2D eigenvalue weighted by Crippen LogP contribution is 2.57. The van der Waals surface area contributed by atoms with Crippen molar-refractivity contribution in [2.45, 2.75) is 33.1 Å². The van der Waals surface area contributed by atoms with Gasteiger partial charge < -0.3 is 9.47 Å². The van der Waals surface area contributed by atoms with Crippen molar-refractivity contribution in [3.8, 4) is 0 Å². The van der Waals surface area contributed by atoms with Crippen LogP contribution in [-0.4, -0.2) is 25.2 Å². The Bertz CT molecular complexity index is 421. The summed E-state index contributed by atoms with van der Waals surface area (Å²) in [5.41, 5.74) is 0.958. The van der Waals surface area contributed by atoms with Gasteiger partial charge in [0.15, 0.2) is 5.41 Å². The van der Waals surface area contributed by atoms with Gasteiger partial charge in [-0.05, 0) is 44.9 Å². The van der Waals surface area contributed by atoms with E-state index in [0.29, 0.717) is 12.8 Å². The maximum atomic E-state index is 12.3. The lowest BCUT2D eigenvalue weighted by Crippen LogP contribution is -2.40. The zero-order valence-electron chi connectivity index (χ0n) is 12.2. The monoisotopic (exact) mass is 278 g/mol. The average molecular weight is 278 g/mol. The van der Waals surface area contributed by atoms with Crippen molar-refractivity contribution in [3.05, 3.63) is 24.3 Å². The molecule has 2 fully saturated rings. The average Bonchev–Trinajstić information content (AvgIpc) is 2.91. The van der Waals surface area contributed by atoms with E-state index in [1.165, 1.54) is 0 Å². The number of carbonyl (C=O) groups excluding carboxylic acids is 2. The van der Waals surface area contributed by atoms with Crippen LogP contribution in [0.5, 0.6) is 0 Å². The molecule has 4 nitrogen and oxygen atoms in total. The van der Waals surface area contributed by atoms with Gasteiger partial charge in [0.1, 0.15) is 0 Å². The minimum absolute atomic E-state index is 0.149. The molecule has 0 radical (unpaired) electrons. The number of esters is 2. The molecule has 4 heteroatoms. The van der Waals surface area contributed by atoms with Crippen LogP contribution in [0.2, 0.25) is 0 Å². The Balaban J connectivity index is 2.31. The zero-order chi connectivity index (χ0) is 14.9. The predicted molar refractivity (Wildman–Crippen MR) is 74.8 cm³/mol. The summed E-state index contributed by atoms with van der Waals surface area (Å²) in [7, 11) is 0. The molecule has 0 aromatic rings. The summed E-state index contributed by atoms with van der Waals surface area (Å²) in [5.74, 6) is -0.630. The first-order valence-corrected chi connectivity index (χ1v) is 7.16. The summed E-state index contributed by atoms with van der Waals surface area (Å²) in [6, 6.07) is 0. The number of hydrogen-bond acceptors (Lipinski definition) is 4. The Labute approximate surface area is 119 Å². The van der Waals surface area contributed by atoms with E-state index in [0.717, 1.165) is 17.6 Å². The van der Waals surface area contributed by atoms with E-state index in [-0.39, 0.29) is 25.0 Å². The van der Waals surface area contributed by atoms with Crippen LogP contribution in [-0.2, 0) is 19.1 Å². The first-order chi connectivity index (χ1) is 9.46. The summed E-state index contributed by atoms with van der Waals surface area (Å²) in [6.45, 7) is 12.1. The molecule has 0 aromatic carbocycles. The van der Waals surface area contributed by atoms with E-state index in [4.69, 9.17) is 9.47 Å². The first kappa shape index (κ1) is 14.8. The fraction of sp³-hybridized carbons (Fsp3) is 0.625. The lowest BCUT2D eigenvalue weighted by molar-refractivity contribution is -0.172. The highest BCUT2D eigenvalue weighted by atomic mass is 16.6. The third kappa shape index (κ3) is 2.17. The molecule has 0 bridgehead atoms. The highest BCUT2D eigenvalue weighted by Gasteiger charge is 2.59. The number of fused-ring (bicyclic) bond motifs is 1. The highest BCUT2D eigenvalue weighted by molar-refractivity contribution is 6.00. The van der Waals surface area contributed by atoms with Gasteiger partial charge in [-0.2, -0.15) is 0 Å². The van der Waals surface area contributed by atoms with Crippen LogP contribution in [0.3, 0.4) is 0 Å².